The van der Waals surface area contributed by atoms with E-state index < -0.39 is 11.7 Å². The van der Waals surface area contributed by atoms with Crippen LogP contribution < -0.4 is 9.80 Å². The van der Waals surface area contributed by atoms with Crippen molar-refractivity contribution < 1.29 is 14.0 Å². The van der Waals surface area contributed by atoms with Crippen molar-refractivity contribution in [3.05, 3.63) is 57.8 Å². The fourth-order valence-corrected chi connectivity index (χ4v) is 4.49. The quantitative estimate of drug-likeness (QED) is 0.683. The lowest BCUT2D eigenvalue weighted by Gasteiger charge is -2.23. The maximum Gasteiger partial charge on any atom is 0.232 e. The predicted octanol–water partition coefficient (Wildman–Crippen LogP) is 4.14. The standard InChI is InChI=1S/C22H19BrFN3O2/c1-22(2)12-27(19-9-18(24)17(23)8-16(19)22)21(29)14-7-20(28)26(11-14)15-5-3-4-13(6-15)10-25/h3-6,8-9,14H,7,11-12H2,1-2H3/t14-/m0/s1. The van der Waals surface area contributed by atoms with Crippen LogP contribution in [0.2, 0.25) is 0 Å². The molecule has 7 heteroatoms. The maximum absolute atomic E-state index is 14.2. The van der Waals surface area contributed by atoms with Crippen LogP contribution in [0, 0.1) is 23.1 Å². The first-order chi connectivity index (χ1) is 13.7. The van der Waals surface area contributed by atoms with E-state index >= 15 is 0 Å². The van der Waals surface area contributed by atoms with Crippen molar-refractivity contribution in [3.8, 4) is 6.07 Å². The number of fused-ring (bicyclic) bond motifs is 1. The van der Waals surface area contributed by atoms with E-state index in [-0.39, 0.29) is 30.2 Å². The van der Waals surface area contributed by atoms with Gasteiger partial charge in [-0.3, -0.25) is 9.59 Å². The van der Waals surface area contributed by atoms with Gasteiger partial charge in [-0.1, -0.05) is 19.9 Å². The van der Waals surface area contributed by atoms with Crippen molar-refractivity contribution in [2.45, 2.75) is 25.7 Å². The van der Waals surface area contributed by atoms with Crippen LogP contribution in [0.25, 0.3) is 0 Å². The normalized spacial score (nSPS) is 20.0. The number of benzene rings is 2. The predicted molar refractivity (Wildman–Crippen MR) is 111 cm³/mol. The topological polar surface area (TPSA) is 64.4 Å². The molecule has 0 bridgehead atoms. The van der Waals surface area contributed by atoms with Gasteiger partial charge >= 0.3 is 0 Å². The molecule has 1 atom stereocenters. The van der Waals surface area contributed by atoms with Crippen LogP contribution in [0.5, 0.6) is 0 Å². The zero-order valence-corrected chi connectivity index (χ0v) is 17.7. The third-order valence-corrected chi connectivity index (χ3v) is 6.25. The molecule has 0 aliphatic carbocycles. The largest absolute Gasteiger partial charge is 0.312 e. The molecule has 5 nitrogen and oxygen atoms in total. The minimum Gasteiger partial charge on any atom is -0.312 e. The highest BCUT2D eigenvalue weighted by Gasteiger charge is 2.44. The van der Waals surface area contributed by atoms with Crippen LogP contribution in [0.1, 0.15) is 31.4 Å². The zero-order chi connectivity index (χ0) is 20.9. The Balaban J connectivity index is 1.61. The summed E-state index contributed by atoms with van der Waals surface area (Å²) in [5, 5.41) is 9.09. The Morgan fingerprint density at radius 2 is 2.07 bits per heavy atom. The molecule has 0 unspecified atom stereocenters. The van der Waals surface area contributed by atoms with Crippen molar-refractivity contribution in [1.29, 1.82) is 5.26 Å². The number of anilines is 2. The lowest BCUT2D eigenvalue weighted by molar-refractivity contribution is -0.124. The number of carbonyl (C=O) groups is 2. The first kappa shape index (κ1) is 19.6. The minimum absolute atomic E-state index is 0.0981. The molecular formula is C22H19BrFN3O2. The summed E-state index contributed by atoms with van der Waals surface area (Å²) >= 11 is 3.22. The highest BCUT2D eigenvalue weighted by molar-refractivity contribution is 9.10. The average Bonchev–Trinajstić information content (AvgIpc) is 3.20. The van der Waals surface area contributed by atoms with E-state index in [9.17, 15) is 14.0 Å². The molecular weight excluding hydrogens is 437 g/mol. The molecule has 2 amide bonds. The zero-order valence-electron chi connectivity index (χ0n) is 16.1. The molecule has 2 aromatic carbocycles. The molecule has 0 saturated carbocycles. The Morgan fingerprint density at radius 1 is 1.31 bits per heavy atom. The Bertz CT molecular complexity index is 1080. The summed E-state index contributed by atoms with van der Waals surface area (Å²) in [5.74, 6) is -1.26. The first-order valence-corrected chi connectivity index (χ1v) is 10.1. The fourth-order valence-electron chi connectivity index (χ4n) is 4.15. The number of hydrogen-bond donors (Lipinski definition) is 0. The second-order valence-electron chi connectivity index (χ2n) is 8.16. The van der Waals surface area contributed by atoms with Crippen LogP contribution in [-0.2, 0) is 15.0 Å². The van der Waals surface area contributed by atoms with Gasteiger partial charge in [-0.25, -0.2) is 4.39 Å². The van der Waals surface area contributed by atoms with Crippen LogP contribution in [0.15, 0.2) is 40.9 Å². The Morgan fingerprint density at radius 3 is 2.79 bits per heavy atom. The summed E-state index contributed by atoms with van der Waals surface area (Å²) in [6.45, 7) is 4.72. The third-order valence-electron chi connectivity index (χ3n) is 5.64. The Hall–Kier alpha value is -2.72. The van der Waals surface area contributed by atoms with Gasteiger partial charge in [0.15, 0.2) is 0 Å². The molecule has 148 valence electrons. The van der Waals surface area contributed by atoms with Crippen LogP contribution in [0.3, 0.4) is 0 Å². The number of nitrogens with zero attached hydrogens (tertiary/aromatic N) is 3. The van der Waals surface area contributed by atoms with E-state index in [0.29, 0.717) is 28.0 Å². The van der Waals surface area contributed by atoms with Gasteiger partial charge in [-0.05, 0) is 51.8 Å². The van der Waals surface area contributed by atoms with E-state index in [1.165, 1.54) is 6.07 Å². The molecule has 0 spiro atoms. The highest BCUT2D eigenvalue weighted by atomic mass is 79.9. The summed E-state index contributed by atoms with van der Waals surface area (Å²) in [4.78, 5) is 29.0. The molecule has 2 aliphatic rings. The monoisotopic (exact) mass is 455 g/mol. The van der Waals surface area contributed by atoms with Crippen molar-refractivity contribution in [2.75, 3.05) is 22.9 Å². The molecule has 1 fully saturated rings. The van der Waals surface area contributed by atoms with Crippen molar-refractivity contribution in [3.63, 3.8) is 0 Å². The molecule has 0 aromatic heterocycles. The number of carbonyl (C=O) groups excluding carboxylic acids is 2. The smallest absolute Gasteiger partial charge is 0.232 e. The molecule has 0 radical (unpaired) electrons. The summed E-state index contributed by atoms with van der Waals surface area (Å²) in [6.07, 6.45) is 0.0981. The number of amides is 2. The average molecular weight is 456 g/mol. The van der Waals surface area contributed by atoms with E-state index in [4.69, 9.17) is 5.26 Å². The van der Waals surface area contributed by atoms with Gasteiger partial charge in [-0.15, -0.1) is 0 Å². The summed E-state index contributed by atoms with van der Waals surface area (Å²) < 4.78 is 14.6. The van der Waals surface area contributed by atoms with Gasteiger partial charge < -0.3 is 9.80 Å². The summed E-state index contributed by atoms with van der Waals surface area (Å²) in [6, 6.07) is 12.0. The number of nitriles is 1. The lowest BCUT2D eigenvalue weighted by Crippen LogP contribution is -2.39. The highest BCUT2D eigenvalue weighted by Crippen LogP contribution is 2.44. The number of halogens is 2. The third kappa shape index (κ3) is 3.32. The van der Waals surface area contributed by atoms with E-state index in [1.807, 2.05) is 13.8 Å². The number of rotatable bonds is 2. The van der Waals surface area contributed by atoms with E-state index in [2.05, 4.69) is 22.0 Å². The molecule has 1 saturated heterocycles. The minimum atomic E-state index is -0.512. The van der Waals surface area contributed by atoms with E-state index in [1.54, 1.807) is 40.1 Å². The second kappa shape index (κ2) is 6.96. The summed E-state index contributed by atoms with van der Waals surface area (Å²) in [5.41, 5.74) is 2.23. The fraction of sp³-hybridized carbons (Fsp3) is 0.318. The van der Waals surface area contributed by atoms with Gasteiger partial charge in [0.05, 0.1) is 27.7 Å². The van der Waals surface area contributed by atoms with Gasteiger partial charge in [0.1, 0.15) is 5.82 Å². The van der Waals surface area contributed by atoms with Crippen LogP contribution in [0.4, 0.5) is 15.8 Å². The second-order valence-corrected chi connectivity index (χ2v) is 9.01. The molecule has 4 rings (SSSR count). The SMILES string of the molecule is CC1(C)CN(C(=O)[C@H]2CC(=O)N(c3cccc(C#N)c3)C2)c2cc(F)c(Br)cc21. The van der Waals surface area contributed by atoms with Crippen molar-refractivity contribution in [1.82, 2.24) is 0 Å². The van der Waals surface area contributed by atoms with Gasteiger partial charge in [0.25, 0.3) is 0 Å². The molecule has 0 N–H and O–H groups in total. The van der Waals surface area contributed by atoms with Crippen molar-refractivity contribution in [2.24, 2.45) is 5.92 Å². The van der Waals surface area contributed by atoms with Gasteiger partial charge in [-0.2, -0.15) is 5.26 Å². The molecule has 2 heterocycles. The van der Waals surface area contributed by atoms with Crippen LogP contribution in [-0.4, -0.2) is 24.9 Å². The van der Waals surface area contributed by atoms with Gasteiger partial charge in [0, 0.05) is 30.6 Å². The van der Waals surface area contributed by atoms with E-state index in [0.717, 1.165) is 5.56 Å². The Labute approximate surface area is 176 Å². The maximum atomic E-state index is 14.2. The van der Waals surface area contributed by atoms with Crippen molar-refractivity contribution >= 4 is 39.1 Å². The molecule has 2 aliphatic heterocycles. The lowest BCUT2D eigenvalue weighted by atomic mass is 9.87. The molecule has 29 heavy (non-hydrogen) atoms. The molecule has 2 aromatic rings. The summed E-state index contributed by atoms with van der Waals surface area (Å²) in [7, 11) is 0. The van der Waals surface area contributed by atoms with Gasteiger partial charge in [0.2, 0.25) is 11.8 Å². The number of hydrogen-bond acceptors (Lipinski definition) is 3. The first-order valence-electron chi connectivity index (χ1n) is 9.33. The van der Waals surface area contributed by atoms with Crippen LogP contribution >= 0.6 is 15.9 Å². The Kier molecular flexibility index (Phi) is 4.70.